The van der Waals surface area contributed by atoms with Gasteiger partial charge >= 0.3 is 0 Å². The van der Waals surface area contributed by atoms with E-state index in [-0.39, 0.29) is 28.3 Å². The number of pyridine rings is 1. The van der Waals surface area contributed by atoms with Crippen molar-refractivity contribution in [2.45, 2.75) is 13.5 Å². The molecule has 2 aromatic carbocycles. The van der Waals surface area contributed by atoms with Gasteiger partial charge in [0.25, 0.3) is 11.5 Å². The zero-order valence-electron chi connectivity index (χ0n) is 17.5. The van der Waals surface area contributed by atoms with Gasteiger partial charge in [-0.3, -0.25) is 14.2 Å². The second-order valence-corrected chi connectivity index (χ2v) is 7.72. The number of ether oxygens (including phenoxy) is 2. The van der Waals surface area contributed by atoms with Crippen LogP contribution in [0.5, 0.6) is 5.75 Å². The highest BCUT2D eigenvalue weighted by molar-refractivity contribution is 9.10. The van der Waals surface area contributed by atoms with E-state index in [2.05, 4.69) is 21.2 Å². The summed E-state index contributed by atoms with van der Waals surface area (Å²) < 4.78 is 39.0. The molecule has 0 spiro atoms. The minimum atomic E-state index is -0.730. The smallest absolute Gasteiger partial charge is 0.273 e. The van der Waals surface area contributed by atoms with Crippen molar-refractivity contribution in [2.24, 2.45) is 0 Å². The SMILES string of the molecule is COCCNC(=O)c1cccc(-n2c(C)cc(OCc3ccc(F)cc3F)c(Br)c2=O)c1. The number of aryl methyl sites for hydroxylation is 1. The van der Waals surface area contributed by atoms with E-state index in [9.17, 15) is 18.4 Å². The Labute approximate surface area is 191 Å². The topological polar surface area (TPSA) is 69.6 Å². The quantitative estimate of drug-likeness (QED) is 0.466. The summed E-state index contributed by atoms with van der Waals surface area (Å²) >= 11 is 3.25. The van der Waals surface area contributed by atoms with Crippen LogP contribution >= 0.6 is 15.9 Å². The Kier molecular flexibility index (Phi) is 7.76. The lowest BCUT2D eigenvalue weighted by atomic mass is 10.1. The van der Waals surface area contributed by atoms with Crippen LogP contribution in [0.25, 0.3) is 5.69 Å². The summed E-state index contributed by atoms with van der Waals surface area (Å²) in [4.78, 5) is 25.3. The van der Waals surface area contributed by atoms with E-state index in [0.29, 0.717) is 30.1 Å². The van der Waals surface area contributed by atoms with Gasteiger partial charge in [0, 0.05) is 48.3 Å². The minimum Gasteiger partial charge on any atom is -0.487 e. The number of rotatable bonds is 8. The summed E-state index contributed by atoms with van der Waals surface area (Å²) in [6.07, 6.45) is 0. The maximum absolute atomic E-state index is 13.9. The molecule has 9 heteroatoms. The molecule has 168 valence electrons. The van der Waals surface area contributed by atoms with Gasteiger partial charge in [0.2, 0.25) is 0 Å². The molecular weight excluding hydrogens is 486 g/mol. The van der Waals surface area contributed by atoms with Gasteiger partial charge in [-0.25, -0.2) is 8.78 Å². The van der Waals surface area contributed by atoms with Gasteiger partial charge in [-0.1, -0.05) is 6.07 Å². The van der Waals surface area contributed by atoms with Gasteiger partial charge in [-0.2, -0.15) is 0 Å². The molecule has 0 unspecified atom stereocenters. The van der Waals surface area contributed by atoms with Crippen molar-refractivity contribution in [2.75, 3.05) is 20.3 Å². The highest BCUT2D eigenvalue weighted by Gasteiger charge is 2.16. The number of halogens is 3. The zero-order valence-corrected chi connectivity index (χ0v) is 19.0. The second kappa shape index (κ2) is 10.5. The first-order chi connectivity index (χ1) is 15.3. The molecule has 32 heavy (non-hydrogen) atoms. The second-order valence-electron chi connectivity index (χ2n) is 6.93. The van der Waals surface area contributed by atoms with E-state index < -0.39 is 17.2 Å². The number of carbonyl (C=O) groups is 1. The minimum absolute atomic E-state index is 0.139. The van der Waals surface area contributed by atoms with Crippen LogP contribution in [0, 0.1) is 18.6 Å². The third-order valence-corrected chi connectivity index (χ3v) is 5.39. The average Bonchev–Trinajstić information content (AvgIpc) is 2.76. The van der Waals surface area contributed by atoms with Crippen LogP contribution in [-0.4, -0.2) is 30.7 Å². The van der Waals surface area contributed by atoms with Gasteiger partial charge in [-0.15, -0.1) is 0 Å². The van der Waals surface area contributed by atoms with Gasteiger partial charge in [-0.05, 0) is 53.2 Å². The standard InChI is InChI=1S/C23H21BrF2N2O4/c1-14-10-20(32-13-16-6-7-17(25)12-19(16)26)21(24)23(30)28(14)18-5-3-4-15(11-18)22(29)27-8-9-31-2/h3-7,10-12H,8-9,13H2,1-2H3,(H,27,29). The number of carbonyl (C=O) groups excluding carboxylic acids is 1. The Hall–Kier alpha value is -3.04. The Balaban J connectivity index is 1.86. The molecule has 6 nitrogen and oxygen atoms in total. The Bertz CT molecular complexity index is 1200. The molecule has 0 saturated carbocycles. The van der Waals surface area contributed by atoms with Crippen molar-refractivity contribution in [3.63, 3.8) is 0 Å². The molecular formula is C23H21BrF2N2O4. The molecule has 1 N–H and O–H groups in total. The lowest BCUT2D eigenvalue weighted by Gasteiger charge is -2.15. The van der Waals surface area contributed by atoms with E-state index in [1.165, 1.54) is 10.6 Å². The van der Waals surface area contributed by atoms with Crippen LogP contribution in [0.3, 0.4) is 0 Å². The summed E-state index contributed by atoms with van der Waals surface area (Å²) in [5, 5.41) is 2.73. The molecule has 0 bridgehead atoms. The number of benzene rings is 2. The first-order valence-electron chi connectivity index (χ1n) is 9.68. The van der Waals surface area contributed by atoms with Crippen molar-refractivity contribution < 1.29 is 23.0 Å². The number of nitrogens with zero attached hydrogens (tertiary/aromatic N) is 1. The predicted molar refractivity (Wildman–Crippen MR) is 119 cm³/mol. The van der Waals surface area contributed by atoms with Crippen LogP contribution in [0.15, 0.2) is 57.8 Å². The lowest BCUT2D eigenvalue weighted by molar-refractivity contribution is 0.0937. The molecule has 0 aliphatic heterocycles. The van der Waals surface area contributed by atoms with Crippen molar-refractivity contribution in [1.82, 2.24) is 9.88 Å². The normalized spacial score (nSPS) is 10.8. The monoisotopic (exact) mass is 506 g/mol. The van der Waals surface area contributed by atoms with Crippen LogP contribution in [0.2, 0.25) is 0 Å². The molecule has 0 aliphatic rings. The van der Waals surface area contributed by atoms with E-state index in [4.69, 9.17) is 9.47 Å². The first kappa shape index (κ1) is 23.6. The van der Waals surface area contributed by atoms with Crippen LogP contribution < -0.4 is 15.6 Å². The molecule has 0 radical (unpaired) electrons. The Morgan fingerprint density at radius 2 is 1.94 bits per heavy atom. The van der Waals surface area contributed by atoms with Crippen molar-refractivity contribution in [3.05, 3.63) is 91.8 Å². The largest absolute Gasteiger partial charge is 0.487 e. The number of hydrogen-bond donors (Lipinski definition) is 1. The number of aromatic nitrogens is 1. The molecule has 0 atom stereocenters. The van der Waals surface area contributed by atoms with Gasteiger partial charge in [0.1, 0.15) is 28.5 Å². The van der Waals surface area contributed by atoms with Gasteiger partial charge < -0.3 is 14.8 Å². The number of methoxy groups -OCH3 is 1. The molecule has 0 saturated heterocycles. The summed E-state index contributed by atoms with van der Waals surface area (Å²) in [6.45, 7) is 2.29. The van der Waals surface area contributed by atoms with Gasteiger partial charge in [0.05, 0.1) is 6.61 Å². The molecule has 1 aromatic heterocycles. The van der Waals surface area contributed by atoms with Crippen LogP contribution in [-0.2, 0) is 11.3 Å². The van der Waals surface area contributed by atoms with E-state index in [1.807, 2.05) is 0 Å². The maximum Gasteiger partial charge on any atom is 0.273 e. The summed E-state index contributed by atoms with van der Waals surface area (Å²) in [5.74, 6) is -1.47. The van der Waals surface area contributed by atoms with Gasteiger partial charge in [0.15, 0.2) is 0 Å². The van der Waals surface area contributed by atoms with Crippen molar-refractivity contribution in [1.29, 1.82) is 0 Å². The molecule has 1 heterocycles. The van der Waals surface area contributed by atoms with Crippen molar-refractivity contribution >= 4 is 21.8 Å². The predicted octanol–water partition coefficient (Wildman–Crippen LogP) is 4.14. The molecule has 3 rings (SSSR count). The Morgan fingerprint density at radius 1 is 1.16 bits per heavy atom. The molecule has 1 amide bonds. The highest BCUT2D eigenvalue weighted by Crippen LogP contribution is 2.25. The van der Waals surface area contributed by atoms with E-state index in [0.717, 1.165) is 12.1 Å². The third kappa shape index (κ3) is 5.41. The fraction of sp³-hybridized carbons (Fsp3) is 0.217. The van der Waals surface area contributed by atoms with E-state index in [1.54, 1.807) is 44.4 Å². The number of amides is 1. The summed E-state index contributed by atoms with van der Waals surface area (Å²) in [5.41, 5.74) is 1.20. The highest BCUT2D eigenvalue weighted by atomic mass is 79.9. The molecule has 3 aromatic rings. The van der Waals surface area contributed by atoms with Crippen molar-refractivity contribution in [3.8, 4) is 11.4 Å². The third-order valence-electron chi connectivity index (χ3n) is 4.66. The summed E-state index contributed by atoms with van der Waals surface area (Å²) in [6, 6.07) is 11.5. The first-order valence-corrected chi connectivity index (χ1v) is 10.5. The number of hydrogen-bond acceptors (Lipinski definition) is 4. The zero-order chi connectivity index (χ0) is 23.3. The molecule has 0 fully saturated rings. The maximum atomic E-state index is 13.9. The van der Waals surface area contributed by atoms with Crippen LogP contribution in [0.1, 0.15) is 21.6 Å². The fourth-order valence-corrected chi connectivity index (χ4v) is 3.46. The molecule has 0 aliphatic carbocycles. The van der Waals surface area contributed by atoms with E-state index >= 15 is 0 Å². The average molecular weight is 507 g/mol. The lowest BCUT2D eigenvalue weighted by Crippen LogP contribution is -2.27. The number of nitrogens with one attached hydrogen (secondary N) is 1. The summed E-state index contributed by atoms with van der Waals surface area (Å²) in [7, 11) is 1.55. The Morgan fingerprint density at radius 3 is 2.66 bits per heavy atom. The van der Waals surface area contributed by atoms with Crippen LogP contribution in [0.4, 0.5) is 8.78 Å². The fourth-order valence-electron chi connectivity index (χ4n) is 3.06.